The summed E-state index contributed by atoms with van der Waals surface area (Å²) in [5, 5.41) is 2.64. The molecule has 96 valence electrons. The Balaban J connectivity index is 2.81. The highest BCUT2D eigenvalue weighted by Crippen LogP contribution is 2.16. The fourth-order valence-corrected chi connectivity index (χ4v) is 1.94. The Hall–Kier alpha value is -1.34. The zero-order valence-electron chi connectivity index (χ0n) is 10.0. The predicted molar refractivity (Wildman–Crippen MR) is 63.4 cm³/mol. The van der Waals surface area contributed by atoms with Gasteiger partial charge in [-0.15, -0.1) is 0 Å². The summed E-state index contributed by atoms with van der Waals surface area (Å²) in [4.78, 5) is 13.1. The molecule has 0 saturated carbocycles. The molecular formula is C10H16N2O4S. The quantitative estimate of drug-likeness (QED) is 0.709. The minimum Gasteiger partial charge on any atom is -0.351 e. The molecule has 6 nitrogen and oxygen atoms in total. The molecule has 0 aromatic carbocycles. The molecule has 0 aromatic heterocycles. The number of hydrogen-bond acceptors (Lipinski definition) is 5. The molecule has 1 rings (SSSR count). The molecule has 0 spiro atoms. The Bertz CT molecular complexity index is 453. The average Bonchev–Trinajstić information content (AvgIpc) is 2.19. The average molecular weight is 260 g/mol. The standard InChI is InChI=1S/C10H16N2O4S/c1-4-11-10(13)8-6-5-7-9(12(8)2)16-17(3,14)15/h5-7,9H,4H2,1-3H3,(H,11,13). The lowest BCUT2D eigenvalue weighted by molar-refractivity contribution is -0.119. The van der Waals surface area contributed by atoms with Crippen LogP contribution in [0.4, 0.5) is 0 Å². The number of rotatable bonds is 4. The first-order valence-corrected chi connectivity index (χ1v) is 6.94. The number of allylic oxidation sites excluding steroid dienone is 2. The van der Waals surface area contributed by atoms with Crippen LogP contribution in [0.2, 0.25) is 0 Å². The number of amides is 1. The van der Waals surface area contributed by atoms with Crippen LogP contribution in [0.5, 0.6) is 0 Å². The van der Waals surface area contributed by atoms with E-state index < -0.39 is 16.3 Å². The van der Waals surface area contributed by atoms with Crippen molar-refractivity contribution in [1.29, 1.82) is 0 Å². The summed E-state index contributed by atoms with van der Waals surface area (Å²) in [7, 11) is -1.97. The lowest BCUT2D eigenvalue weighted by atomic mass is 10.2. The molecule has 1 amide bonds. The van der Waals surface area contributed by atoms with Crippen LogP contribution in [0.1, 0.15) is 6.92 Å². The van der Waals surface area contributed by atoms with Gasteiger partial charge in [-0.2, -0.15) is 8.42 Å². The highest BCUT2D eigenvalue weighted by Gasteiger charge is 2.25. The summed E-state index contributed by atoms with van der Waals surface area (Å²) >= 11 is 0. The second-order valence-electron chi connectivity index (χ2n) is 3.60. The van der Waals surface area contributed by atoms with Crippen molar-refractivity contribution in [3.05, 3.63) is 23.9 Å². The molecule has 17 heavy (non-hydrogen) atoms. The van der Waals surface area contributed by atoms with Gasteiger partial charge in [-0.05, 0) is 19.1 Å². The molecule has 1 unspecified atom stereocenters. The summed E-state index contributed by atoms with van der Waals surface area (Å²) in [5.41, 5.74) is 0.364. The Kier molecular flexibility index (Phi) is 4.30. The molecule has 0 saturated heterocycles. The molecule has 0 fully saturated rings. The Morgan fingerprint density at radius 2 is 2.24 bits per heavy atom. The van der Waals surface area contributed by atoms with Gasteiger partial charge in [0.25, 0.3) is 16.0 Å². The van der Waals surface area contributed by atoms with Gasteiger partial charge in [0, 0.05) is 13.6 Å². The maximum Gasteiger partial charge on any atom is 0.267 e. The van der Waals surface area contributed by atoms with Gasteiger partial charge in [0.1, 0.15) is 5.70 Å². The van der Waals surface area contributed by atoms with Crippen molar-refractivity contribution >= 4 is 16.0 Å². The first-order valence-electron chi connectivity index (χ1n) is 5.13. The molecule has 0 aromatic rings. The van der Waals surface area contributed by atoms with Gasteiger partial charge >= 0.3 is 0 Å². The Morgan fingerprint density at radius 3 is 2.76 bits per heavy atom. The van der Waals surface area contributed by atoms with Crippen molar-refractivity contribution in [2.75, 3.05) is 19.8 Å². The van der Waals surface area contributed by atoms with Gasteiger partial charge in [-0.25, -0.2) is 4.18 Å². The minimum atomic E-state index is -3.57. The Morgan fingerprint density at radius 1 is 1.59 bits per heavy atom. The third-order valence-electron chi connectivity index (χ3n) is 2.13. The van der Waals surface area contributed by atoms with E-state index in [1.807, 2.05) is 6.92 Å². The number of likely N-dealkylation sites (N-methyl/N-ethyl adjacent to an activating group) is 2. The van der Waals surface area contributed by atoms with Crippen LogP contribution < -0.4 is 5.32 Å². The van der Waals surface area contributed by atoms with Crippen LogP contribution in [0.3, 0.4) is 0 Å². The smallest absolute Gasteiger partial charge is 0.267 e. The van der Waals surface area contributed by atoms with Crippen molar-refractivity contribution in [3.8, 4) is 0 Å². The predicted octanol–water partition coefficient (Wildman–Crippen LogP) is -0.190. The third-order valence-corrected chi connectivity index (χ3v) is 2.68. The van der Waals surface area contributed by atoms with Crippen molar-refractivity contribution in [2.45, 2.75) is 13.2 Å². The van der Waals surface area contributed by atoms with Crippen LogP contribution in [0, 0.1) is 0 Å². The van der Waals surface area contributed by atoms with E-state index in [9.17, 15) is 13.2 Å². The van der Waals surface area contributed by atoms with Gasteiger partial charge in [0.15, 0.2) is 6.23 Å². The van der Waals surface area contributed by atoms with Gasteiger partial charge in [0.05, 0.1) is 6.26 Å². The number of hydrogen-bond donors (Lipinski definition) is 1. The zero-order valence-corrected chi connectivity index (χ0v) is 10.8. The summed E-state index contributed by atoms with van der Waals surface area (Å²) in [5.74, 6) is -0.263. The molecular weight excluding hydrogens is 244 g/mol. The lowest BCUT2D eigenvalue weighted by Gasteiger charge is -2.30. The highest BCUT2D eigenvalue weighted by atomic mass is 32.2. The van der Waals surface area contributed by atoms with Gasteiger partial charge < -0.3 is 10.2 Å². The molecule has 1 N–H and O–H groups in total. The van der Waals surface area contributed by atoms with Gasteiger partial charge in [-0.3, -0.25) is 4.79 Å². The summed E-state index contributed by atoms with van der Waals surface area (Å²) < 4.78 is 26.9. The lowest BCUT2D eigenvalue weighted by Crippen LogP contribution is -2.41. The molecule has 1 aliphatic heterocycles. The van der Waals surface area contributed by atoms with Crippen LogP contribution in [-0.4, -0.2) is 45.3 Å². The second-order valence-corrected chi connectivity index (χ2v) is 5.20. The fraction of sp³-hybridized carbons (Fsp3) is 0.500. The number of carbonyl (C=O) groups is 1. The monoisotopic (exact) mass is 260 g/mol. The number of nitrogens with zero attached hydrogens (tertiary/aromatic N) is 1. The van der Waals surface area contributed by atoms with Crippen molar-refractivity contribution < 1.29 is 17.4 Å². The second kappa shape index (κ2) is 5.33. The molecule has 0 bridgehead atoms. The van der Waals surface area contributed by atoms with Crippen molar-refractivity contribution in [1.82, 2.24) is 10.2 Å². The van der Waals surface area contributed by atoms with E-state index in [0.717, 1.165) is 6.26 Å². The fourth-order valence-electron chi connectivity index (χ4n) is 1.39. The van der Waals surface area contributed by atoms with Crippen molar-refractivity contribution in [2.24, 2.45) is 0 Å². The third kappa shape index (κ3) is 3.86. The summed E-state index contributed by atoms with van der Waals surface area (Å²) in [6, 6.07) is 0. The molecule has 1 aliphatic rings. The normalized spacial score (nSPS) is 20.1. The minimum absolute atomic E-state index is 0.263. The van der Waals surface area contributed by atoms with E-state index in [4.69, 9.17) is 4.18 Å². The molecule has 1 atom stereocenters. The van der Waals surface area contributed by atoms with Crippen LogP contribution in [-0.2, 0) is 19.1 Å². The van der Waals surface area contributed by atoms with E-state index in [-0.39, 0.29) is 5.91 Å². The number of nitrogens with one attached hydrogen (secondary N) is 1. The maximum atomic E-state index is 11.7. The summed E-state index contributed by atoms with van der Waals surface area (Å²) in [6.07, 6.45) is 4.95. The first-order chi connectivity index (χ1) is 7.85. The van der Waals surface area contributed by atoms with Gasteiger partial charge in [0.2, 0.25) is 0 Å². The maximum absolute atomic E-state index is 11.7. The largest absolute Gasteiger partial charge is 0.351 e. The summed E-state index contributed by atoms with van der Waals surface area (Å²) in [6.45, 7) is 2.31. The zero-order chi connectivity index (χ0) is 13.1. The molecule has 1 heterocycles. The molecule has 0 aliphatic carbocycles. The van der Waals surface area contributed by atoms with Crippen LogP contribution in [0.15, 0.2) is 23.9 Å². The van der Waals surface area contributed by atoms with E-state index in [0.29, 0.717) is 12.2 Å². The number of carbonyl (C=O) groups excluding carboxylic acids is 1. The van der Waals surface area contributed by atoms with E-state index in [2.05, 4.69) is 5.32 Å². The molecule has 7 heteroatoms. The van der Waals surface area contributed by atoms with Crippen LogP contribution >= 0.6 is 0 Å². The highest BCUT2D eigenvalue weighted by molar-refractivity contribution is 7.86. The van der Waals surface area contributed by atoms with E-state index >= 15 is 0 Å². The topological polar surface area (TPSA) is 75.7 Å². The van der Waals surface area contributed by atoms with E-state index in [1.54, 1.807) is 25.3 Å². The SMILES string of the molecule is CCNC(=O)C1=CC=CC(OS(C)(=O)=O)N1C. The van der Waals surface area contributed by atoms with Crippen molar-refractivity contribution in [3.63, 3.8) is 0 Å². The van der Waals surface area contributed by atoms with Crippen LogP contribution in [0.25, 0.3) is 0 Å². The van der Waals surface area contributed by atoms with E-state index in [1.165, 1.54) is 4.90 Å². The first kappa shape index (κ1) is 13.7. The Labute approximate surface area is 101 Å². The molecule has 0 radical (unpaired) electrons. The van der Waals surface area contributed by atoms with Gasteiger partial charge in [-0.1, -0.05) is 6.08 Å².